The molecule has 4 heteroatoms. The highest BCUT2D eigenvalue weighted by atomic mass is 32.1. The fourth-order valence-electron chi connectivity index (χ4n) is 0.604. The standard InChI is InChI=1S/C5H7NS.C4H9NO.C2H6/c1-2-5-6-3-4-7-5;1-3-4(6)5-2;1-2/h3-4H,2H2,1H3;3H2,1-2H3,(H,5,6);1-2H3. The van der Waals surface area contributed by atoms with Crippen LogP contribution in [-0.4, -0.2) is 17.9 Å². The molecule has 1 amide bonds. The van der Waals surface area contributed by atoms with E-state index in [4.69, 9.17) is 0 Å². The van der Waals surface area contributed by atoms with Gasteiger partial charge in [0.2, 0.25) is 5.91 Å². The average molecular weight is 230 g/mol. The first-order valence-electron chi connectivity index (χ1n) is 5.33. The summed E-state index contributed by atoms with van der Waals surface area (Å²) in [6, 6.07) is 0. The zero-order chi connectivity index (χ0) is 12.1. The molecule has 0 radical (unpaired) electrons. The fraction of sp³-hybridized carbons (Fsp3) is 0.636. The molecule has 0 aliphatic rings. The predicted molar refractivity (Wildman–Crippen MR) is 67.2 cm³/mol. The summed E-state index contributed by atoms with van der Waals surface area (Å²) in [5, 5.41) is 5.70. The van der Waals surface area contributed by atoms with Gasteiger partial charge in [-0.3, -0.25) is 4.79 Å². The number of hydrogen-bond donors (Lipinski definition) is 1. The molecule has 1 N–H and O–H groups in total. The first-order valence-corrected chi connectivity index (χ1v) is 6.21. The fourth-order valence-corrected chi connectivity index (χ4v) is 1.17. The molecule has 3 nitrogen and oxygen atoms in total. The minimum Gasteiger partial charge on any atom is -0.359 e. The highest BCUT2D eigenvalue weighted by Crippen LogP contribution is 2.02. The minimum absolute atomic E-state index is 0.0926. The van der Waals surface area contributed by atoms with E-state index < -0.39 is 0 Å². The molecule has 0 saturated carbocycles. The molecular formula is C11H22N2OS. The number of carbonyl (C=O) groups excluding carboxylic acids is 1. The van der Waals surface area contributed by atoms with Crippen LogP contribution >= 0.6 is 11.3 Å². The predicted octanol–water partition coefficient (Wildman–Crippen LogP) is 2.87. The van der Waals surface area contributed by atoms with E-state index in [0.29, 0.717) is 6.42 Å². The van der Waals surface area contributed by atoms with Gasteiger partial charge in [0.25, 0.3) is 0 Å². The Bertz CT molecular complexity index is 217. The monoisotopic (exact) mass is 230 g/mol. The summed E-state index contributed by atoms with van der Waals surface area (Å²) < 4.78 is 0. The quantitative estimate of drug-likeness (QED) is 0.849. The van der Waals surface area contributed by atoms with Crippen LogP contribution in [0.4, 0.5) is 0 Å². The van der Waals surface area contributed by atoms with Gasteiger partial charge < -0.3 is 5.32 Å². The SMILES string of the molecule is CC.CCC(=O)NC.CCc1nccs1. The molecule has 0 aromatic carbocycles. The molecule has 0 atom stereocenters. The van der Waals surface area contributed by atoms with Crippen molar-refractivity contribution in [3.8, 4) is 0 Å². The van der Waals surface area contributed by atoms with Gasteiger partial charge in [-0.15, -0.1) is 11.3 Å². The van der Waals surface area contributed by atoms with Crippen LogP contribution in [0.2, 0.25) is 0 Å². The smallest absolute Gasteiger partial charge is 0.219 e. The first kappa shape index (κ1) is 16.5. The van der Waals surface area contributed by atoms with Crippen LogP contribution in [0.3, 0.4) is 0 Å². The number of carbonyl (C=O) groups is 1. The van der Waals surface area contributed by atoms with Crippen molar-refractivity contribution in [1.82, 2.24) is 10.3 Å². The van der Waals surface area contributed by atoms with Gasteiger partial charge in [-0.1, -0.05) is 27.7 Å². The molecule has 1 rings (SSSR count). The third-order valence-corrected chi connectivity index (χ3v) is 2.31. The number of hydrogen-bond acceptors (Lipinski definition) is 3. The van der Waals surface area contributed by atoms with Crippen molar-refractivity contribution >= 4 is 17.2 Å². The maximum absolute atomic E-state index is 10.1. The Kier molecular flexibility index (Phi) is 14.4. The van der Waals surface area contributed by atoms with Gasteiger partial charge in [0.05, 0.1) is 5.01 Å². The van der Waals surface area contributed by atoms with Crippen molar-refractivity contribution in [3.05, 3.63) is 16.6 Å². The summed E-state index contributed by atoms with van der Waals surface area (Å²) in [4.78, 5) is 14.1. The number of nitrogens with zero attached hydrogens (tertiary/aromatic N) is 1. The van der Waals surface area contributed by atoms with Gasteiger partial charge in [-0.2, -0.15) is 0 Å². The molecule has 0 bridgehead atoms. The Morgan fingerprint density at radius 1 is 1.47 bits per heavy atom. The minimum atomic E-state index is 0.0926. The summed E-state index contributed by atoms with van der Waals surface area (Å²) in [6.07, 6.45) is 3.48. The molecule has 0 spiro atoms. The van der Waals surface area contributed by atoms with E-state index in [-0.39, 0.29) is 5.91 Å². The lowest BCUT2D eigenvalue weighted by molar-refractivity contribution is -0.120. The Balaban J connectivity index is 0. The van der Waals surface area contributed by atoms with E-state index in [1.807, 2.05) is 32.3 Å². The number of nitrogens with one attached hydrogen (secondary N) is 1. The third-order valence-electron chi connectivity index (χ3n) is 1.39. The lowest BCUT2D eigenvalue weighted by Crippen LogP contribution is -2.15. The number of aromatic nitrogens is 1. The van der Waals surface area contributed by atoms with Gasteiger partial charge in [0.1, 0.15) is 0 Å². The summed E-state index contributed by atoms with van der Waals surface area (Å²) in [5.41, 5.74) is 0. The summed E-state index contributed by atoms with van der Waals surface area (Å²) >= 11 is 1.71. The zero-order valence-corrected chi connectivity index (χ0v) is 11.1. The van der Waals surface area contributed by atoms with E-state index >= 15 is 0 Å². The molecule has 1 heterocycles. The molecule has 15 heavy (non-hydrogen) atoms. The summed E-state index contributed by atoms with van der Waals surface area (Å²) in [7, 11) is 1.63. The zero-order valence-electron chi connectivity index (χ0n) is 10.3. The van der Waals surface area contributed by atoms with Gasteiger partial charge in [-0.25, -0.2) is 4.98 Å². The van der Waals surface area contributed by atoms with Gasteiger partial charge in [0, 0.05) is 25.0 Å². The van der Waals surface area contributed by atoms with Crippen molar-refractivity contribution < 1.29 is 4.79 Å². The van der Waals surface area contributed by atoms with E-state index in [2.05, 4.69) is 17.2 Å². The first-order chi connectivity index (χ1) is 7.24. The number of aryl methyl sites for hydroxylation is 1. The number of rotatable bonds is 2. The van der Waals surface area contributed by atoms with Crippen molar-refractivity contribution in [2.45, 2.75) is 40.5 Å². The highest BCUT2D eigenvalue weighted by molar-refractivity contribution is 7.09. The maximum Gasteiger partial charge on any atom is 0.219 e. The van der Waals surface area contributed by atoms with Gasteiger partial charge >= 0.3 is 0 Å². The van der Waals surface area contributed by atoms with E-state index in [0.717, 1.165) is 6.42 Å². The van der Waals surface area contributed by atoms with Crippen LogP contribution in [0, 0.1) is 0 Å². The van der Waals surface area contributed by atoms with Crippen molar-refractivity contribution in [2.75, 3.05) is 7.05 Å². The lowest BCUT2D eigenvalue weighted by Gasteiger charge is -1.87. The molecule has 0 aliphatic heterocycles. The summed E-state index contributed by atoms with van der Waals surface area (Å²) in [5.74, 6) is 0.0926. The lowest BCUT2D eigenvalue weighted by atomic mass is 10.5. The van der Waals surface area contributed by atoms with Crippen molar-refractivity contribution in [2.24, 2.45) is 0 Å². The molecule has 0 saturated heterocycles. The molecule has 1 aromatic rings. The number of amides is 1. The van der Waals surface area contributed by atoms with E-state index in [1.54, 1.807) is 18.4 Å². The van der Waals surface area contributed by atoms with Gasteiger partial charge in [0.15, 0.2) is 0 Å². The molecule has 0 aliphatic carbocycles. The van der Waals surface area contributed by atoms with Crippen LogP contribution in [0.15, 0.2) is 11.6 Å². The Labute approximate surface area is 96.9 Å². The van der Waals surface area contributed by atoms with Crippen LogP contribution in [0.1, 0.15) is 39.1 Å². The van der Waals surface area contributed by atoms with Crippen LogP contribution in [0.5, 0.6) is 0 Å². The average Bonchev–Trinajstić information content (AvgIpc) is 2.84. The van der Waals surface area contributed by atoms with Crippen LogP contribution in [0.25, 0.3) is 0 Å². The van der Waals surface area contributed by atoms with E-state index in [9.17, 15) is 4.79 Å². The molecule has 88 valence electrons. The second kappa shape index (κ2) is 13.1. The second-order valence-corrected chi connectivity index (χ2v) is 3.29. The second-order valence-electron chi connectivity index (χ2n) is 2.31. The van der Waals surface area contributed by atoms with Crippen LogP contribution < -0.4 is 5.32 Å². The van der Waals surface area contributed by atoms with Crippen LogP contribution in [-0.2, 0) is 11.2 Å². The largest absolute Gasteiger partial charge is 0.359 e. The van der Waals surface area contributed by atoms with Gasteiger partial charge in [-0.05, 0) is 6.42 Å². The Morgan fingerprint density at radius 3 is 2.20 bits per heavy atom. The van der Waals surface area contributed by atoms with Crippen molar-refractivity contribution in [1.29, 1.82) is 0 Å². The maximum atomic E-state index is 10.1. The molecule has 1 aromatic heterocycles. The summed E-state index contributed by atoms with van der Waals surface area (Å²) in [6.45, 7) is 7.93. The normalized spacial score (nSPS) is 7.80. The van der Waals surface area contributed by atoms with E-state index in [1.165, 1.54) is 5.01 Å². The number of thiazole rings is 1. The third kappa shape index (κ3) is 11.0. The molecule has 0 unspecified atom stereocenters. The Hall–Kier alpha value is -0.900. The Morgan fingerprint density at radius 2 is 2.07 bits per heavy atom. The highest BCUT2D eigenvalue weighted by Gasteiger charge is 1.85. The molecule has 0 fully saturated rings. The van der Waals surface area contributed by atoms with Crippen molar-refractivity contribution in [3.63, 3.8) is 0 Å². The molecular weight excluding hydrogens is 208 g/mol. The topological polar surface area (TPSA) is 42.0 Å².